The number of pyridine rings is 2. The van der Waals surface area contributed by atoms with Gasteiger partial charge in [-0.25, -0.2) is 8.78 Å². The molecule has 202 valence electrons. The zero-order chi connectivity index (χ0) is 27.1. The molecule has 2 aromatic heterocycles. The molecule has 1 aliphatic heterocycles. The van der Waals surface area contributed by atoms with Gasteiger partial charge in [0.2, 0.25) is 0 Å². The molecule has 0 atom stereocenters. The Morgan fingerprint density at radius 1 is 0.769 bits per heavy atom. The van der Waals surface area contributed by atoms with Crippen LogP contribution in [-0.4, -0.2) is 28.3 Å². The zero-order valence-electron chi connectivity index (χ0n) is 22.2. The number of hydrogen-bond acceptors (Lipinski definition) is 3. The average molecular weight is 703 g/mol. The van der Waals surface area contributed by atoms with Crippen LogP contribution < -0.4 is 4.90 Å². The fourth-order valence-corrected chi connectivity index (χ4v) is 4.02. The van der Waals surface area contributed by atoms with E-state index in [4.69, 9.17) is 10.6 Å². The molecule has 0 saturated carbocycles. The number of fused-ring (bicyclic) bond motifs is 2. The first-order chi connectivity index (χ1) is 18.3. The average Bonchev–Trinajstić information content (AvgIpc) is 3.06. The molecule has 4 aromatic rings. The molecule has 5 rings (SSSR count). The van der Waals surface area contributed by atoms with E-state index < -0.39 is 11.9 Å². The van der Waals surface area contributed by atoms with Crippen molar-refractivity contribution in [1.29, 1.82) is 0 Å². The molecule has 0 fully saturated rings. The smallest absolute Gasteiger partial charge is 0.658 e. The Hall–Kier alpha value is -3.29. The van der Waals surface area contributed by atoms with Crippen molar-refractivity contribution in [3.63, 3.8) is 0 Å². The summed E-state index contributed by atoms with van der Waals surface area (Å²) in [7, 11) is 0. The normalized spacial score (nSPS) is 11.9. The summed E-state index contributed by atoms with van der Waals surface area (Å²) in [6.45, 7) is 8.43. The number of rotatable bonds is 6. The number of anilines is 2. The first kappa shape index (κ1) is 30.3. The maximum atomic E-state index is 13.1. The fourth-order valence-electron chi connectivity index (χ4n) is 4.02. The molecule has 5 nitrogen and oxygen atoms in total. The summed E-state index contributed by atoms with van der Waals surface area (Å²) in [5, 5.41) is 9.82. The van der Waals surface area contributed by atoms with Crippen LogP contribution in [-0.2, 0) is 20.1 Å². The van der Waals surface area contributed by atoms with Crippen molar-refractivity contribution < 1.29 is 28.9 Å². The Morgan fingerprint density at radius 3 is 1.79 bits per heavy atom. The minimum atomic E-state index is -0.899. The van der Waals surface area contributed by atoms with Crippen molar-refractivity contribution in [1.82, 2.24) is 9.97 Å². The van der Waals surface area contributed by atoms with Gasteiger partial charge in [-0.05, 0) is 35.0 Å². The van der Waals surface area contributed by atoms with E-state index >= 15 is 0 Å². The maximum absolute atomic E-state index is 13.1. The fraction of sp³-hybridized carbons (Fsp3) is 0.226. The summed E-state index contributed by atoms with van der Waals surface area (Å²) in [4.78, 5) is 9.22. The van der Waals surface area contributed by atoms with Crippen LogP contribution in [0.15, 0.2) is 79.0 Å². The molecular weight excluding hydrogens is 673 g/mol. The number of nitrogens with zero attached hydrogens (tertiary/aromatic N) is 5. The predicted octanol–water partition coefficient (Wildman–Crippen LogP) is 8.38. The van der Waals surface area contributed by atoms with E-state index in [1.54, 1.807) is 18.2 Å². The Balaban J connectivity index is 0.000000239. The monoisotopic (exact) mass is 703 g/mol. The number of aromatic nitrogens is 2. The Morgan fingerprint density at radius 2 is 1.31 bits per heavy atom. The van der Waals surface area contributed by atoms with Crippen LogP contribution in [0.1, 0.15) is 38.8 Å². The molecule has 0 saturated heterocycles. The topological polar surface area (TPSA) is 57.2 Å². The van der Waals surface area contributed by atoms with Gasteiger partial charge in [0.1, 0.15) is 11.9 Å². The number of para-hydroxylation sites is 2. The molecule has 39 heavy (non-hydrogen) atoms. The van der Waals surface area contributed by atoms with E-state index in [0.717, 1.165) is 17.4 Å². The molecule has 0 N–H and O–H groups in total. The van der Waals surface area contributed by atoms with Gasteiger partial charge in [-0.1, -0.05) is 100 Å². The maximum Gasteiger partial charge on any atom is 3.00 e. The summed E-state index contributed by atoms with van der Waals surface area (Å²) in [5.74, 6) is -1.79. The van der Waals surface area contributed by atoms with Gasteiger partial charge in [0.25, 0.3) is 0 Å². The second-order valence-electron chi connectivity index (χ2n) is 9.26. The summed E-state index contributed by atoms with van der Waals surface area (Å²) in [6, 6.07) is 25.8. The molecule has 2 aromatic carbocycles. The number of halogens is 2. The van der Waals surface area contributed by atoms with Crippen molar-refractivity contribution in [2.24, 2.45) is 0 Å². The van der Waals surface area contributed by atoms with Crippen LogP contribution in [0.4, 0.5) is 20.2 Å². The van der Waals surface area contributed by atoms with E-state index in [1.165, 1.54) is 17.3 Å². The molecular formula is C31H30F2IrN5. The SMILES string of the molecule is CC(C)[N-]C([N-]C(C)C)N1c2ccccc2C=Cc2ccccc21.Fc1c[c-]c(-c2ccccn2)c(F)n1.[Ir+3]. The van der Waals surface area contributed by atoms with Gasteiger partial charge in [0.15, 0.2) is 0 Å². The van der Waals surface area contributed by atoms with Gasteiger partial charge in [-0.3, -0.25) is 4.98 Å². The number of benzene rings is 2. The van der Waals surface area contributed by atoms with Crippen LogP contribution in [0.25, 0.3) is 34.0 Å². The van der Waals surface area contributed by atoms with Crippen molar-refractivity contribution in [3.8, 4) is 11.3 Å². The molecule has 0 unspecified atom stereocenters. The second-order valence-corrected chi connectivity index (χ2v) is 9.26. The van der Waals surface area contributed by atoms with Gasteiger partial charge in [0.05, 0.1) is 0 Å². The Labute approximate surface area is 242 Å². The van der Waals surface area contributed by atoms with Crippen molar-refractivity contribution in [3.05, 3.63) is 119 Å². The zero-order valence-corrected chi connectivity index (χ0v) is 24.6. The Kier molecular flexibility index (Phi) is 11.0. The van der Waals surface area contributed by atoms with E-state index in [-0.39, 0.29) is 44.0 Å². The van der Waals surface area contributed by atoms with Crippen molar-refractivity contribution in [2.45, 2.75) is 46.1 Å². The van der Waals surface area contributed by atoms with E-state index in [9.17, 15) is 8.78 Å². The number of hydrogen-bond donors (Lipinski definition) is 0. The van der Waals surface area contributed by atoms with Crippen molar-refractivity contribution >= 4 is 23.5 Å². The molecule has 0 amide bonds. The van der Waals surface area contributed by atoms with Crippen LogP contribution in [0, 0.1) is 18.0 Å². The third-order valence-corrected chi connectivity index (χ3v) is 5.60. The molecule has 0 spiro atoms. The van der Waals surface area contributed by atoms with Crippen LogP contribution in [0.5, 0.6) is 0 Å². The van der Waals surface area contributed by atoms with Crippen LogP contribution in [0.2, 0.25) is 0 Å². The molecule has 1 aliphatic rings. The largest absolute Gasteiger partial charge is 3.00 e. The molecule has 0 aliphatic carbocycles. The van der Waals surface area contributed by atoms with E-state index in [1.807, 2.05) is 0 Å². The minimum absolute atomic E-state index is 0. The second kappa shape index (κ2) is 14.2. The molecule has 0 bridgehead atoms. The Bertz CT molecular complexity index is 1320. The summed E-state index contributed by atoms with van der Waals surface area (Å²) < 4.78 is 25.6. The summed E-state index contributed by atoms with van der Waals surface area (Å²) in [6.07, 6.45) is 5.64. The molecule has 0 radical (unpaired) electrons. The van der Waals surface area contributed by atoms with Crippen LogP contribution >= 0.6 is 0 Å². The van der Waals surface area contributed by atoms with E-state index in [0.29, 0.717) is 5.69 Å². The minimum Gasteiger partial charge on any atom is -0.658 e. The van der Waals surface area contributed by atoms with Gasteiger partial charge in [-0.15, -0.1) is 18.2 Å². The van der Waals surface area contributed by atoms with Crippen LogP contribution in [0.3, 0.4) is 0 Å². The van der Waals surface area contributed by atoms with Gasteiger partial charge >= 0.3 is 20.1 Å². The van der Waals surface area contributed by atoms with Gasteiger partial charge in [0, 0.05) is 17.6 Å². The summed E-state index contributed by atoms with van der Waals surface area (Å²) >= 11 is 0. The van der Waals surface area contributed by atoms with E-state index in [2.05, 4.69) is 109 Å². The van der Waals surface area contributed by atoms with Gasteiger partial charge < -0.3 is 20.5 Å². The summed E-state index contributed by atoms with van der Waals surface area (Å²) in [5.41, 5.74) is 5.15. The first-order valence-corrected chi connectivity index (χ1v) is 12.5. The van der Waals surface area contributed by atoms with Crippen molar-refractivity contribution in [2.75, 3.05) is 4.90 Å². The van der Waals surface area contributed by atoms with Gasteiger partial charge in [-0.2, -0.15) is 6.29 Å². The predicted molar refractivity (Wildman–Crippen MR) is 151 cm³/mol. The quantitative estimate of drug-likeness (QED) is 0.150. The standard InChI is InChI=1S/C21H25N3.C10H5F2N2.Ir/c1-15(2)22-21(23-16(3)4)24-19-11-7-5-9-17(19)13-14-18-10-6-8-12-20(18)24;11-9-5-4-7(10(12)14-9)8-3-1-2-6-13-8;/h5-16,21H,1-4H3;1-3,5-6H;/q-2;-1;+3. The first-order valence-electron chi connectivity index (χ1n) is 12.5. The third-order valence-electron chi connectivity index (χ3n) is 5.60. The third kappa shape index (κ3) is 7.87. The molecule has 3 heterocycles. The molecule has 8 heteroatoms.